The van der Waals surface area contributed by atoms with Gasteiger partial charge in [0.25, 0.3) is 0 Å². The van der Waals surface area contributed by atoms with E-state index < -0.39 is 29.8 Å². The molecule has 0 spiro atoms. The summed E-state index contributed by atoms with van der Waals surface area (Å²) in [6.07, 6.45) is -1.26. The van der Waals surface area contributed by atoms with Crippen LogP contribution in [0.4, 0.5) is 4.79 Å². The molecule has 0 radical (unpaired) electrons. The topological polar surface area (TPSA) is 73.9 Å². The second-order valence-corrected chi connectivity index (χ2v) is 6.14. The minimum atomic E-state index is -0.942. The van der Waals surface area contributed by atoms with Crippen molar-refractivity contribution in [1.82, 2.24) is 5.32 Å². The van der Waals surface area contributed by atoms with Gasteiger partial charge in [-0.25, -0.2) is 9.59 Å². The molecule has 0 aromatic heterocycles. The third-order valence-corrected chi connectivity index (χ3v) is 2.95. The van der Waals surface area contributed by atoms with Crippen molar-refractivity contribution in [3.05, 3.63) is 35.9 Å². The van der Waals surface area contributed by atoms with Gasteiger partial charge in [-0.2, -0.15) is 0 Å². The van der Waals surface area contributed by atoms with Gasteiger partial charge in [0.1, 0.15) is 6.61 Å². The van der Waals surface area contributed by atoms with Gasteiger partial charge in [0.2, 0.25) is 0 Å². The number of hydrogen-bond acceptors (Lipinski definition) is 5. The van der Waals surface area contributed by atoms with Gasteiger partial charge in [-0.3, -0.25) is 0 Å². The van der Waals surface area contributed by atoms with Crippen molar-refractivity contribution in [3.8, 4) is 0 Å². The van der Waals surface area contributed by atoms with Crippen molar-refractivity contribution >= 4 is 12.1 Å². The maximum atomic E-state index is 11.9. The second kappa shape index (κ2) is 8.53. The van der Waals surface area contributed by atoms with Crippen LogP contribution in [-0.4, -0.2) is 36.9 Å². The number of amides is 1. The van der Waals surface area contributed by atoms with Crippen LogP contribution in [-0.2, 0) is 25.6 Å². The second-order valence-electron chi connectivity index (χ2n) is 6.14. The van der Waals surface area contributed by atoms with Gasteiger partial charge in [-0.05, 0) is 33.3 Å². The highest BCUT2D eigenvalue weighted by Gasteiger charge is 2.31. The van der Waals surface area contributed by atoms with E-state index in [9.17, 15) is 9.59 Å². The summed E-state index contributed by atoms with van der Waals surface area (Å²) in [4.78, 5) is 23.8. The van der Waals surface area contributed by atoms with Crippen LogP contribution >= 0.6 is 0 Å². The summed E-state index contributed by atoms with van der Waals surface area (Å²) in [5.41, 5.74) is 0.401. The van der Waals surface area contributed by atoms with E-state index in [1.807, 2.05) is 51.1 Å². The van der Waals surface area contributed by atoms with Gasteiger partial charge in [0.15, 0.2) is 6.04 Å². The molecule has 0 heterocycles. The Kier molecular flexibility index (Phi) is 7.03. The number of ether oxygens (including phenoxy) is 3. The van der Waals surface area contributed by atoms with E-state index in [0.29, 0.717) is 0 Å². The molecule has 1 rings (SSSR count). The zero-order chi connectivity index (χ0) is 17.5. The molecule has 6 heteroatoms. The maximum absolute atomic E-state index is 11.9. The monoisotopic (exact) mass is 323 g/mol. The standard InChI is InChI=1S/C17H25NO5/c1-12(23-17(2,3)4)14(15(19)21-5)18-16(20)22-11-13-9-7-6-8-10-13/h6-10,12,14H,11H2,1-5H3,(H,18,20)/t12-,14-/m1/s1. The lowest BCUT2D eigenvalue weighted by molar-refractivity contribution is -0.150. The normalized spacial score (nSPS) is 13.8. The number of nitrogens with one attached hydrogen (secondary N) is 1. The van der Waals surface area contributed by atoms with Gasteiger partial charge in [-0.15, -0.1) is 0 Å². The Labute approximate surface area is 137 Å². The van der Waals surface area contributed by atoms with Crippen LogP contribution in [0.2, 0.25) is 0 Å². The number of esters is 1. The predicted molar refractivity (Wildman–Crippen MR) is 85.9 cm³/mol. The van der Waals surface area contributed by atoms with Gasteiger partial charge in [0, 0.05) is 0 Å². The van der Waals surface area contributed by atoms with E-state index in [2.05, 4.69) is 5.32 Å². The van der Waals surface area contributed by atoms with Crippen molar-refractivity contribution in [1.29, 1.82) is 0 Å². The van der Waals surface area contributed by atoms with Crippen LogP contribution in [0, 0.1) is 0 Å². The molecule has 2 atom stereocenters. The zero-order valence-electron chi connectivity index (χ0n) is 14.3. The number of methoxy groups -OCH3 is 1. The summed E-state index contributed by atoms with van der Waals surface area (Å²) in [5.74, 6) is -0.585. The highest BCUT2D eigenvalue weighted by atomic mass is 16.6. The quantitative estimate of drug-likeness (QED) is 0.815. The zero-order valence-corrected chi connectivity index (χ0v) is 14.3. The first-order chi connectivity index (χ1) is 10.7. The number of carbonyl (C=O) groups is 2. The van der Waals surface area contributed by atoms with Crippen molar-refractivity contribution < 1.29 is 23.8 Å². The largest absolute Gasteiger partial charge is 0.467 e. The Morgan fingerprint density at radius 3 is 2.30 bits per heavy atom. The molecular weight excluding hydrogens is 298 g/mol. The summed E-state index contributed by atoms with van der Waals surface area (Å²) >= 11 is 0. The molecule has 0 unspecified atom stereocenters. The third-order valence-electron chi connectivity index (χ3n) is 2.95. The van der Waals surface area contributed by atoms with Gasteiger partial charge >= 0.3 is 12.1 Å². The summed E-state index contributed by atoms with van der Waals surface area (Å²) in [5, 5.41) is 2.50. The smallest absolute Gasteiger partial charge is 0.408 e. The third kappa shape index (κ3) is 7.15. The molecule has 0 aliphatic rings. The Morgan fingerprint density at radius 1 is 1.17 bits per heavy atom. The molecule has 0 aliphatic heterocycles. The molecule has 1 N–H and O–H groups in total. The van der Waals surface area contributed by atoms with E-state index >= 15 is 0 Å². The Hall–Kier alpha value is -2.08. The fourth-order valence-electron chi connectivity index (χ4n) is 2.01. The first-order valence-corrected chi connectivity index (χ1v) is 7.46. The lowest BCUT2D eigenvalue weighted by Crippen LogP contribution is -2.51. The number of benzene rings is 1. The van der Waals surface area contributed by atoms with E-state index in [0.717, 1.165) is 5.56 Å². The van der Waals surface area contributed by atoms with E-state index in [-0.39, 0.29) is 6.61 Å². The fraction of sp³-hybridized carbons (Fsp3) is 0.529. The highest BCUT2D eigenvalue weighted by molar-refractivity contribution is 5.81. The molecule has 1 aromatic rings. The summed E-state index contributed by atoms with van der Waals surface area (Å²) in [6.45, 7) is 7.42. The molecular formula is C17H25NO5. The molecule has 128 valence electrons. The Balaban J connectivity index is 2.62. The van der Waals surface area contributed by atoms with Gasteiger partial charge < -0.3 is 19.5 Å². The number of carbonyl (C=O) groups excluding carboxylic acids is 2. The molecule has 23 heavy (non-hydrogen) atoms. The van der Waals surface area contributed by atoms with E-state index in [4.69, 9.17) is 14.2 Å². The lowest BCUT2D eigenvalue weighted by atomic mass is 10.1. The van der Waals surface area contributed by atoms with Crippen molar-refractivity contribution in [2.75, 3.05) is 7.11 Å². The minimum absolute atomic E-state index is 0.120. The Morgan fingerprint density at radius 2 is 1.78 bits per heavy atom. The predicted octanol–water partition coefficient (Wildman–Crippen LogP) is 2.66. The van der Waals surface area contributed by atoms with Crippen LogP contribution in [0.15, 0.2) is 30.3 Å². The van der Waals surface area contributed by atoms with Crippen molar-refractivity contribution in [2.24, 2.45) is 0 Å². The lowest BCUT2D eigenvalue weighted by Gasteiger charge is -2.29. The molecule has 6 nitrogen and oxygen atoms in total. The fourth-order valence-corrected chi connectivity index (χ4v) is 2.01. The number of alkyl carbamates (subject to hydrolysis) is 1. The molecule has 0 saturated heterocycles. The molecule has 1 amide bonds. The molecule has 0 bridgehead atoms. The minimum Gasteiger partial charge on any atom is -0.467 e. The summed E-state index contributed by atoms with van der Waals surface area (Å²) < 4.78 is 15.6. The molecule has 0 fully saturated rings. The average molecular weight is 323 g/mol. The molecule has 0 saturated carbocycles. The van der Waals surface area contributed by atoms with Gasteiger partial charge in [0.05, 0.1) is 18.8 Å². The van der Waals surface area contributed by atoms with Crippen LogP contribution in [0.5, 0.6) is 0 Å². The first kappa shape index (κ1) is 19.0. The summed E-state index contributed by atoms with van der Waals surface area (Å²) in [6, 6.07) is 8.33. The van der Waals surface area contributed by atoms with Crippen LogP contribution < -0.4 is 5.32 Å². The van der Waals surface area contributed by atoms with Crippen molar-refractivity contribution in [2.45, 2.75) is 52.0 Å². The van der Waals surface area contributed by atoms with E-state index in [1.54, 1.807) is 6.92 Å². The van der Waals surface area contributed by atoms with Crippen molar-refractivity contribution in [3.63, 3.8) is 0 Å². The van der Waals surface area contributed by atoms with Gasteiger partial charge in [-0.1, -0.05) is 30.3 Å². The number of hydrogen-bond donors (Lipinski definition) is 1. The van der Waals surface area contributed by atoms with E-state index in [1.165, 1.54) is 7.11 Å². The first-order valence-electron chi connectivity index (χ1n) is 7.46. The Bertz CT molecular complexity index is 509. The summed E-state index contributed by atoms with van der Waals surface area (Å²) in [7, 11) is 1.26. The van der Waals surface area contributed by atoms with Crippen LogP contribution in [0.1, 0.15) is 33.3 Å². The number of rotatable bonds is 6. The SMILES string of the molecule is COC(=O)[C@H](NC(=O)OCc1ccccc1)[C@@H](C)OC(C)(C)C. The molecule has 0 aliphatic carbocycles. The highest BCUT2D eigenvalue weighted by Crippen LogP contribution is 2.14. The van der Waals surface area contributed by atoms with Crippen LogP contribution in [0.3, 0.4) is 0 Å². The maximum Gasteiger partial charge on any atom is 0.408 e. The average Bonchev–Trinajstić information content (AvgIpc) is 2.49. The van der Waals surface area contributed by atoms with Crippen LogP contribution in [0.25, 0.3) is 0 Å². The molecule has 1 aromatic carbocycles.